The largest absolute Gasteiger partial charge is 0.386 e. The van der Waals surface area contributed by atoms with E-state index >= 15 is 0 Å². The van der Waals surface area contributed by atoms with Crippen molar-refractivity contribution in [3.63, 3.8) is 0 Å². The van der Waals surface area contributed by atoms with E-state index in [4.69, 9.17) is 11.6 Å². The quantitative estimate of drug-likeness (QED) is 0.862. The molecule has 0 amide bonds. The molecular weight excluding hydrogens is 333 g/mol. The van der Waals surface area contributed by atoms with Gasteiger partial charge in [-0.25, -0.2) is 4.39 Å². The normalized spacial score (nSPS) is 12.2. The van der Waals surface area contributed by atoms with E-state index in [0.29, 0.717) is 10.7 Å². The molecule has 2 nitrogen and oxygen atoms in total. The summed E-state index contributed by atoms with van der Waals surface area (Å²) in [4.78, 5) is 0. The minimum atomic E-state index is -0.930. The maximum Gasteiger partial charge on any atom is 0.129 e. The van der Waals surface area contributed by atoms with Gasteiger partial charge < -0.3 is 10.4 Å². The molecule has 0 bridgehead atoms. The molecule has 1 unspecified atom stereocenters. The van der Waals surface area contributed by atoms with E-state index in [2.05, 4.69) is 21.2 Å². The lowest BCUT2D eigenvalue weighted by atomic mass is 10.1. The molecule has 2 rings (SSSR count). The average molecular weight is 345 g/mol. The zero-order chi connectivity index (χ0) is 13.8. The highest BCUT2D eigenvalue weighted by atomic mass is 79.9. The van der Waals surface area contributed by atoms with Gasteiger partial charge in [0.25, 0.3) is 0 Å². The van der Waals surface area contributed by atoms with Crippen molar-refractivity contribution >= 4 is 33.2 Å². The molecule has 1 atom stereocenters. The number of benzene rings is 2. The Morgan fingerprint density at radius 3 is 2.68 bits per heavy atom. The predicted octanol–water partition coefficient (Wildman–Crippen LogP) is 4.39. The summed E-state index contributed by atoms with van der Waals surface area (Å²) in [7, 11) is 0. The topological polar surface area (TPSA) is 32.3 Å². The Morgan fingerprint density at radius 2 is 2.00 bits per heavy atom. The van der Waals surface area contributed by atoms with Crippen molar-refractivity contribution in [3.8, 4) is 0 Å². The van der Waals surface area contributed by atoms with Crippen LogP contribution in [0.15, 0.2) is 46.9 Å². The molecule has 0 saturated carbocycles. The van der Waals surface area contributed by atoms with Gasteiger partial charge in [-0.2, -0.15) is 0 Å². The van der Waals surface area contributed by atoms with E-state index in [-0.39, 0.29) is 12.1 Å². The summed E-state index contributed by atoms with van der Waals surface area (Å²) in [5.41, 5.74) is 0.962. The summed E-state index contributed by atoms with van der Waals surface area (Å²) in [5, 5.41) is 13.5. The molecule has 0 radical (unpaired) electrons. The lowest BCUT2D eigenvalue weighted by molar-refractivity contribution is 0.186. The SMILES string of the molecule is OC(CNc1ccc(Br)cc1Cl)c1ccccc1F. The number of halogens is 3. The second kappa shape index (κ2) is 6.37. The van der Waals surface area contributed by atoms with E-state index in [1.807, 2.05) is 6.07 Å². The van der Waals surface area contributed by atoms with E-state index < -0.39 is 11.9 Å². The maximum absolute atomic E-state index is 13.5. The number of aliphatic hydroxyl groups is 1. The molecule has 0 heterocycles. The summed E-state index contributed by atoms with van der Waals surface area (Å²) in [6, 6.07) is 11.5. The molecule has 0 aliphatic carbocycles. The molecule has 0 aliphatic heterocycles. The molecule has 0 aromatic heterocycles. The van der Waals surface area contributed by atoms with Gasteiger partial charge >= 0.3 is 0 Å². The van der Waals surface area contributed by atoms with Crippen LogP contribution in [0.5, 0.6) is 0 Å². The predicted molar refractivity (Wildman–Crippen MR) is 79.0 cm³/mol. The number of rotatable bonds is 4. The summed E-state index contributed by atoms with van der Waals surface area (Å²) < 4.78 is 14.4. The van der Waals surface area contributed by atoms with Crippen molar-refractivity contribution in [2.24, 2.45) is 0 Å². The van der Waals surface area contributed by atoms with Gasteiger partial charge in [0.05, 0.1) is 16.8 Å². The molecule has 0 aliphatic rings. The molecule has 0 spiro atoms. The highest BCUT2D eigenvalue weighted by molar-refractivity contribution is 9.10. The fraction of sp³-hybridized carbons (Fsp3) is 0.143. The number of nitrogens with one attached hydrogen (secondary N) is 1. The van der Waals surface area contributed by atoms with Crippen LogP contribution in [-0.4, -0.2) is 11.7 Å². The van der Waals surface area contributed by atoms with Crippen LogP contribution in [0.25, 0.3) is 0 Å². The lowest BCUT2D eigenvalue weighted by Gasteiger charge is -2.14. The van der Waals surface area contributed by atoms with Crippen LogP contribution in [0.3, 0.4) is 0 Å². The number of hydrogen-bond donors (Lipinski definition) is 2. The number of aliphatic hydroxyl groups excluding tert-OH is 1. The fourth-order valence-electron chi connectivity index (χ4n) is 1.69. The first kappa shape index (κ1) is 14.3. The smallest absolute Gasteiger partial charge is 0.129 e. The molecule has 2 aromatic rings. The zero-order valence-electron chi connectivity index (χ0n) is 9.91. The highest BCUT2D eigenvalue weighted by Gasteiger charge is 2.12. The Hall–Kier alpha value is -1.10. The monoisotopic (exact) mass is 343 g/mol. The maximum atomic E-state index is 13.5. The van der Waals surface area contributed by atoms with E-state index in [1.165, 1.54) is 6.07 Å². The Bertz CT molecular complexity index is 579. The van der Waals surface area contributed by atoms with Gasteiger partial charge in [-0.1, -0.05) is 45.7 Å². The van der Waals surface area contributed by atoms with Crippen LogP contribution >= 0.6 is 27.5 Å². The third kappa shape index (κ3) is 3.69. The van der Waals surface area contributed by atoms with Crippen molar-refractivity contribution in [2.75, 3.05) is 11.9 Å². The fourth-order valence-corrected chi connectivity index (χ4v) is 2.44. The van der Waals surface area contributed by atoms with Gasteiger partial charge in [-0.15, -0.1) is 0 Å². The first-order valence-electron chi connectivity index (χ1n) is 5.69. The van der Waals surface area contributed by atoms with Gasteiger partial charge in [0.15, 0.2) is 0 Å². The lowest BCUT2D eigenvalue weighted by Crippen LogP contribution is -2.13. The minimum absolute atomic E-state index is 0.183. The van der Waals surface area contributed by atoms with E-state index in [0.717, 1.165) is 4.47 Å². The molecule has 2 aromatic carbocycles. The van der Waals surface area contributed by atoms with Crippen LogP contribution < -0.4 is 5.32 Å². The van der Waals surface area contributed by atoms with Crippen LogP contribution in [0, 0.1) is 5.82 Å². The number of hydrogen-bond acceptors (Lipinski definition) is 2. The van der Waals surface area contributed by atoms with Crippen molar-refractivity contribution in [3.05, 3.63) is 63.3 Å². The van der Waals surface area contributed by atoms with Crippen molar-refractivity contribution in [1.29, 1.82) is 0 Å². The molecule has 19 heavy (non-hydrogen) atoms. The van der Waals surface area contributed by atoms with E-state index in [9.17, 15) is 9.50 Å². The van der Waals surface area contributed by atoms with Crippen LogP contribution in [0.2, 0.25) is 5.02 Å². The van der Waals surface area contributed by atoms with Crippen LogP contribution in [0.4, 0.5) is 10.1 Å². The van der Waals surface area contributed by atoms with Gasteiger partial charge in [0.1, 0.15) is 5.82 Å². The third-order valence-corrected chi connectivity index (χ3v) is 3.49. The number of anilines is 1. The van der Waals surface area contributed by atoms with Crippen LogP contribution in [-0.2, 0) is 0 Å². The zero-order valence-corrected chi connectivity index (χ0v) is 12.2. The Balaban J connectivity index is 2.04. The molecule has 2 N–H and O–H groups in total. The third-order valence-electron chi connectivity index (χ3n) is 2.68. The van der Waals surface area contributed by atoms with Crippen molar-refractivity contribution in [2.45, 2.75) is 6.10 Å². The van der Waals surface area contributed by atoms with Gasteiger partial charge in [0, 0.05) is 16.6 Å². The van der Waals surface area contributed by atoms with Crippen molar-refractivity contribution in [1.82, 2.24) is 0 Å². The Morgan fingerprint density at radius 1 is 1.26 bits per heavy atom. The Kier molecular flexibility index (Phi) is 4.80. The molecule has 5 heteroatoms. The standard InChI is InChI=1S/C14H12BrClFNO/c15-9-5-6-13(11(16)7-9)18-8-14(19)10-3-1-2-4-12(10)17/h1-7,14,18-19H,8H2. The van der Waals surface area contributed by atoms with Crippen LogP contribution in [0.1, 0.15) is 11.7 Å². The summed E-state index contributed by atoms with van der Waals surface area (Å²) in [5.74, 6) is -0.418. The average Bonchev–Trinajstić information content (AvgIpc) is 2.38. The minimum Gasteiger partial charge on any atom is -0.386 e. The molecule has 0 fully saturated rings. The Labute approximate surface area is 124 Å². The second-order valence-electron chi connectivity index (χ2n) is 4.04. The highest BCUT2D eigenvalue weighted by Crippen LogP contribution is 2.26. The van der Waals surface area contributed by atoms with Crippen molar-refractivity contribution < 1.29 is 9.50 Å². The first-order chi connectivity index (χ1) is 9.08. The van der Waals surface area contributed by atoms with Gasteiger partial charge in [-0.05, 0) is 24.3 Å². The summed E-state index contributed by atoms with van der Waals surface area (Å²) >= 11 is 9.35. The van der Waals surface area contributed by atoms with Gasteiger partial charge in [0.2, 0.25) is 0 Å². The summed E-state index contributed by atoms with van der Waals surface area (Å²) in [6.07, 6.45) is -0.930. The van der Waals surface area contributed by atoms with E-state index in [1.54, 1.807) is 30.3 Å². The first-order valence-corrected chi connectivity index (χ1v) is 6.86. The van der Waals surface area contributed by atoms with Gasteiger partial charge in [-0.3, -0.25) is 0 Å². The molecule has 100 valence electrons. The molecular formula is C14H12BrClFNO. The summed E-state index contributed by atoms with van der Waals surface area (Å²) in [6.45, 7) is 0.183. The second-order valence-corrected chi connectivity index (χ2v) is 5.37. The molecule has 0 saturated heterocycles.